The number of hydrogen-bond acceptors (Lipinski definition) is 5. The Morgan fingerprint density at radius 3 is 2.29 bits per heavy atom. The van der Waals surface area contributed by atoms with Gasteiger partial charge >= 0.3 is 0 Å². The molecule has 1 aliphatic carbocycles. The Hall–Kier alpha value is -2.87. The Kier molecular flexibility index (Phi) is 5.63. The number of halogens is 2. The van der Waals surface area contributed by atoms with Gasteiger partial charge in [-0.2, -0.15) is 0 Å². The van der Waals surface area contributed by atoms with E-state index in [4.69, 9.17) is 0 Å². The standard InChI is InChI=1S/C23H26F2N6/c24-18-11-9-17(10-12-18)22(23-26-27-28-31(23)19-5-1-2-6-19)30-15-13-29(14-16-30)21-8-4-3-7-20(21)25/h3-4,7-12,19,22H,1-2,5-6,13-16H2/t22-/m0/s1. The molecular weight excluding hydrogens is 398 g/mol. The van der Waals surface area contributed by atoms with E-state index in [1.54, 1.807) is 6.07 Å². The Balaban J connectivity index is 1.43. The first-order chi connectivity index (χ1) is 15.2. The average molecular weight is 424 g/mol. The van der Waals surface area contributed by atoms with Crippen molar-refractivity contribution in [1.29, 1.82) is 0 Å². The molecule has 1 saturated heterocycles. The van der Waals surface area contributed by atoms with Gasteiger partial charge in [0.25, 0.3) is 0 Å². The molecule has 0 radical (unpaired) electrons. The third-order valence-electron chi connectivity index (χ3n) is 6.49. The number of aromatic nitrogens is 4. The highest BCUT2D eigenvalue weighted by molar-refractivity contribution is 5.48. The molecule has 8 heteroatoms. The van der Waals surface area contributed by atoms with Crippen LogP contribution < -0.4 is 4.90 Å². The molecule has 1 aliphatic heterocycles. The van der Waals surface area contributed by atoms with Crippen LogP contribution in [0.5, 0.6) is 0 Å². The number of hydrogen-bond donors (Lipinski definition) is 0. The maximum atomic E-state index is 14.3. The zero-order valence-electron chi connectivity index (χ0n) is 17.4. The molecule has 2 aliphatic rings. The number of nitrogens with zero attached hydrogens (tertiary/aromatic N) is 6. The van der Waals surface area contributed by atoms with Crippen molar-refractivity contribution in [1.82, 2.24) is 25.1 Å². The normalized spacial score (nSPS) is 19.1. The number of tetrazole rings is 1. The molecular formula is C23H26F2N6. The fraction of sp³-hybridized carbons (Fsp3) is 0.435. The zero-order valence-corrected chi connectivity index (χ0v) is 17.4. The van der Waals surface area contributed by atoms with Crippen LogP contribution in [0.1, 0.15) is 49.2 Å². The van der Waals surface area contributed by atoms with E-state index in [1.165, 1.54) is 31.0 Å². The van der Waals surface area contributed by atoms with Gasteiger partial charge in [0.2, 0.25) is 0 Å². The Morgan fingerprint density at radius 2 is 1.58 bits per heavy atom. The van der Waals surface area contributed by atoms with Crippen LogP contribution in [0, 0.1) is 11.6 Å². The molecule has 2 fully saturated rings. The van der Waals surface area contributed by atoms with Crippen LogP contribution >= 0.6 is 0 Å². The van der Waals surface area contributed by atoms with Crippen LogP contribution in [0.4, 0.5) is 14.5 Å². The highest BCUT2D eigenvalue weighted by Crippen LogP contribution is 2.35. The molecule has 2 aromatic carbocycles. The molecule has 3 aromatic rings. The summed E-state index contributed by atoms with van der Waals surface area (Å²) in [5.74, 6) is 0.344. The van der Waals surface area contributed by atoms with Crippen molar-refractivity contribution in [2.75, 3.05) is 31.1 Å². The second-order valence-corrected chi connectivity index (χ2v) is 8.35. The number of benzene rings is 2. The molecule has 0 spiro atoms. The third-order valence-corrected chi connectivity index (χ3v) is 6.49. The van der Waals surface area contributed by atoms with Crippen molar-refractivity contribution in [3.8, 4) is 0 Å². The van der Waals surface area contributed by atoms with Gasteiger partial charge in [-0.15, -0.1) is 5.10 Å². The summed E-state index contributed by atoms with van der Waals surface area (Å²) in [6.07, 6.45) is 4.53. The highest BCUT2D eigenvalue weighted by atomic mass is 19.1. The molecule has 1 atom stereocenters. The summed E-state index contributed by atoms with van der Waals surface area (Å²) in [6, 6.07) is 13.6. The van der Waals surface area contributed by atoms with Crippen LogP contribution in [0.15, 0.2) is 48.5 Å². The first-order valence-corrected chi connectivity index (χ1v) is 11.0. The van der Waals surface area contributed by atoms with Crippen molar-refractivity contribution in [2.24, 2.45) is 0 Å². The lowest BCUT2D eigenvalue weighted by molar-refractivity contribution is 0.197. The predicted molar refractivity (Wildman–Crippen MR) is 114 cm³/mol. The maximum Gasteiger partial charge on any atom is 0.173 e. The van der Waals surface area contributed by atoms with Gasteiger partial charge in [-0.3, -0.25) is 4.90 Å². The third kappa shape index (κ3) is 4.04. The Labute approximate surface area is 180 Å². The van der Waals surface area contributed by atoms with E-state index in [0.717, 1.165) is 37.3 Å². The monoisotopic (exact) mass is 424 g/mol. The van der Waals surface area contributed by atoms with Crippen LogP contribution in [0.3, 0.4) is 0 Å². The van der Waals surface area contributed by atoms with E-state index in [0.29, 0.717) is 24.8 Å². The molecule has 0 N–H and O–H groups in total. The van der Waals surface area contributed by atoms with Gasteiger partial charge < -0.3 is 4.90 Å². The summed E-state index contributed by atoms with van der Waals surface area (Å²) in [5, 5.41) is 12.7. The van der Waals surface area contributed by atoms with Gasteiger partial charge in [0.15, 0.2) is 5.82 Å². The number of anilines is 1. The number of rotatable bonds is 5. The van der Waals surface area contributed by atoms with Crippen molar-refractivity contribution in [3.05, 3.63) is 71.6 Å². The molecule has 6 nitrogen and oxygen atoms in total. The first-order valence-electron chi connectivity index (χ1n) is 11.0. The lowest BCUT2D eigenvalue weighted by Crippen LogP contribution is -2.48. The molecule has 31 heavy (non-hydrogen) atoms. The molecule has 162 valence electrons. The van der Waals surface area contributed by atoms with E-state index in [9.17, 15) is 8.78 Å². The molecule has 1 saturated carbocycles. The number of para-hydroxylation sites is 1. The average Bonchev–Trinajstić information content (AvgIpc) is 3.48. The van der Waals surface area contributed by atoms with Crippen LogP contribution in [0.2, 0.25) is 0 Å². The lowest BCUT2D eigenvalue weighted by atomic mass is 10.0. The smallest absolute Gasteiger partial charge is 0.173 e. The van der Waals surface area contributed by atoms with E-state index in [2.05, 4.69) is 25.3 Å². The minimum atomic E-state index is -0.262. The van der Waals surface area contributed by atoms with Gasteiger partial charge in [0, 0.05) is 26.2 Å². The molecule has 0 bridgehead atoms. The van der Waals surface area contributed by atoms with Crippen molar-refractivity contribution in [3.63, 3.8) is 0 Å². The van der Waals surface area contributed by atoms with E-state index in [1.807, 2.05) is 28.9 Å². The summed E-state index contributed by atoms with van der Waals surface area (Å²) in [4.78, 5) is 4.40. The van der Waals surface area contributed by atoms with Gasteiger partial charge in [0.1, 0.15) is 11.6 Å². The van der Waals surface area contributed by atoms with Gasteiger partial charge in [0.05, 0.1) is 17.8 Å². The van der Waals surface area contributed by atoms with Gasteiger partial charge in [-0.05, 0) is 53.1 Å². The molecule has 0 amide bonds. The van der Waals surface area contributed by atoms with E-state index in [-0.39, 0.29) is 17.7 Å². The van der Waals surface area contributed by atoms with E-state index >= 15 is 0 Å². The summed E-state index contributed by atoms with van der Waals surface area (Å²) in [5.41, 5.74) is 1.60. The van der Waals surface area contributed by atoms with Crippen molar-refractivity contribution < 1.29 is 8.78 Å². The first kappa shape index (κ1) is 20.1. The minimum Gasteiger partial charge on any atom is -0.367 e. The molecule has 1 aromatic heterocycles. The molecule has 2 heterocycles. The summed E-state index contributed by atoms with van der Waals surface area (Å²) in [7, 11) is 0. The highest BCUT2D eigenvalue weighted by Gasteiger charge is 2.33. The summed E-state index contributed by atoms with van der Waals surface area (Å²) in [6.45, 7) is 2.86. The summed E-state index contributed by atoms with van der Waals surface area (Å²) >= 11 is 0. The van der Waals surface area contributed by atoms with Gasteiger partial charge in [-0.1, -0.05) is 37.1 Å². The SMILES string of the molecule is Fc1ccc([C@@H](c2nnnn2C2CCCC2)N2CCN(c3ccccc3F)CC2)cc1. The Bertz CT molecular complexity index is 1010. The van der Waals surface area contributed by atoms with E-state index < -0.39 is 0 Å². The molecule has 5 rings (SSSR count). The Morgan fingerprint density at radius 1 is 0.871 bits per heavy atom. The topological polar surface area (TPSA) is 50.1 Å². The van der Waals surface area contributed by atoms with Crippen molar-refractivity contribution in [2.45, 2.75) is 37.8 Å². The summed E-state index contributed by atoms with van der Waals surface area (Å²) < 4.78 is 29.9. The van der Waals surface area contributed by atoms with Gasteiger partial charge in [-0.25, -0.2) is 13.5 Å². The minimum absolute atomic E-state index is 0.168. The van der Waals surface area contributed by atoms with Crippen molar-refractivity contribution >= 4 is 5.69 Å². The fourth-order valence-electron chi connectivity index (χ4n) is 4.89. The van der Waals surface area contributed by atoms with Crippen LogP contribution in [-0.2, 0) is 0 Å². The quantitative estimate of drug-likeness (QED) is 0.620. The zero-order chi connectivity index (χ0) is 21.2. The lowest BCUT2D eigenvalue weighted by Gasteiger charge is -2.40. The maximum absolute atomic E-state index is 14.3. The van der Waals surface area contributed by atoms with Crippen LogP contribution in [0.25, 0.3) is 0 Å². The second kappa shape index (κ2) is 8.70. The predicted octanol–water partition coefficient (Wildman–Crippen LogP) is 3.98. The second-order valence-electron chi connectivity index (χ2n) is 8.35. The largest absolute Gasteiger partial charge is 0.367 e. The fourth-order valence-corrected chi connectivity index (χ4v) is 4.89. The molecule has 0 unspecified atom stereocenters. The number of piperazine rings is 1. The van der Waals surface area contributed by atoms with Crippen LogP contribution in [-0.4, -0.2) is 51.3 Å².